The maximum atomic E-state index is 11.3. The first kappa shape index (κ1) is 13.0. The van der Waals surface area contributed by atoms with Crippen molar-refractivity contribution in [1.82, 2.24) is 5.32 Å². The second-order valence-electron chi connectivity index (χ2n) is 5.88. The summed E-state index contributed by atoms with van der Waals surface area (Å²) in [7, 11) is -0.561. The van der Waals surface area contributed by atoms with Crippen LogP contribution in [0.5, 0.6) is 0 Å². The van der Waals surface area contributed by atoms with Gasteiger partial charge >= 0.3 is 0 Å². The number of rotatable bonds is 1. The van der Waals surface area contributed by atoms with Gasteiger partial charge in [0.15, 0.2) is 5.17 Å². The number of nitrogens with one attached hydrogen (secondary N) is 1. The minimum atomic E-state index is -0.561. The van der Waals surface area contributed by atoms with Crippen molar-refractivity contribution in [2.75, 3.05) is 23.8 Å². The predicted octanol–water partition coefficient (Wildman–Crippen LogP) is 2.15. The van der Waals surface area contributed by atoms with E-state index in [1.807, 2.05) is 11.8 Å². The van der Waals surface area contributed by atoms with Crippen LogP contribution in [0.4, 0.5) is 0 Å². The van der Waals surface area contributed by atoms with Crippen molar-refractivity contribution in [3.63, 3.8) is 0 Å². The molecule has 0 aromatic heterocycles. The van der Waals surface area contributed by atoms with Gasteiger partial charge in [0.05, 0.1) is 0 Å². The molecule has 1 aliphatic carbocycles. The van der Waals surface area contributed by atoms with Gasteiger partial charge in [0.25, 0.3) is 0 Å². The Labute approximate surface area is 116 Å². The highest BCUT2D eigenvalue weighted by Gasteiger charge is 2.36. The van der Waals surface area contributed by atoms with Gasteiger partial charge in [-0.05, 0) is 31.1 Å². The van der Waals surface area contributed by atoms with E-state index in [-0.39, 0.29) is 0 Å². The van der Waals surface area contributed by atoms with Gasteiger partial charge < -0.3 is 5.32 Å². The third-order valence-corrected chi connectivity index (χ3v) is 7.11. The molecule has 0 unspecified atom stereocenters. The summed E-state index contributed by atoms with van der Waals surface area (Å²) in [6, 6.07) is 0.506. The van der Waals surface area contributed by atoms with E-state index in [2.05, 4.69) is 5.32 Å². The van der Waals surface area contributed by atoms with Gasteiger partial charge in [-0.2, -0.15) is 0 Å². The molecule has 0 amide bonds. The molecule has 2 heterocycles. The lowest BCUT2D eigenvalue weighted by Crippen LogP contribution is -2.41. The van der Waals surface area contributed by atoms with Crippen molar-refractivity contribution < 1.29 is 4.21 Å². The monoisotopic (exact) mass is 286 g/mol. The second kappa shape index (κ2) is 5.53. The van der Waals surface area contributed by atoms with E-state index >= 15 is 0 Å². The Morgan fingerprint density at radius 2 is 2.00 bits per heavy atom. The molecule has 0 aromatic carbocycles. The number of hydrogen-bond donors (Lipinski definition) is 1. The van der Waals surface area contributed by atoms with Crippen molar-refractivity contribution in [2.45, 2.75) is 44.6 Å². The van der Waals surface area contributed by atoms with E-state index in [0.717, 1.165) is 36.1 Å². The van der Waals surface area contributed by atoms with E-state index in [1.54, 1.807) is 0 Å². The molecule has 5 heteroatoms. The van der Waals surface area contributed by atoms with Gasteiger partial charge in [0, 0.05) is 40.6 Å². The van der Waals surface area contributed by atoms with Gasteiger partial charge in [-0.25, -0.2) is 0 Å². The highest BCUT2D eigenvalue weighted by Crippen LogP contribution is 2.43. The Hall–Kier alpha value is -0.0300. The fraction of sp³-hybridized carbons (Fsp3) is 0.923. The minimum Gasteiger partial charge on any atom is -0.362 e. The Bertz CT molecular complexity index is 354. The van der Waals surface area contributed by atoms with Crippen LogP contribution in [-0.2, 0) is 10.8 Å². The first-order chi connectivity index (χ1) is 8.76. The summed E-state index contributed by atoms with van der Waals surface area (Å²) < 4.78 is 11.3. The molecular formula is C13H22N2OS2. The summed E-state index contributed by atoms with van der Waals surface area (Å²) in [5.41, 5.74) is 0.532. The number of aliphatic imine (C=N–C) groups is 1. The van der Waals surface area contributed by atoms with Gasteiger partial charge in [-0.1, -0.05) is 24.6 Å². The van der Waals surface area contributed by atoms with Gasteiger partial charge in [0.2, 0.25) is 0 Å². The molecule has 102 valence electrons. The van der Waals surface area contributed by atoms with Crippen LogP contribution in [0.25, 0.3) is 0 Å². The van der Waals surface area contributed by atoms with Gasteiger partial charge in [-0.15, -0.1) is 0 Å². The van der Waals surface area contributed by atoms with E-state index in [1.165, 1.54) is 31.4 Å². The van der Waals surface area contributed by atoms with Gasteiger partial charge in [-0.3, -0.25) is 9.20 Å². The average molecular weight is 286 g/mol. The second-order valence-corrected chi connectivity index (χ2v) is 8.54. The highest BCUT2D eigenvalue weighted by atomic mass is 32.2. The number of thioether (sulfide) groups is 1. The van der Waals surface area contributed by atoms with Crippen molar-refractivity contribution in [3.05, 3.63) is 0 Å². The summed E-state index contributed by atoms with van der Waals surface area (Å²) in [6.07, 6.45) is 7.62. The van der Waals surface area contributed by atoms with Crippen molar-refractivity contribution in [3.8, 4) is 0 Å². The molecule has 1 saturated heterocycles. The summed E-state index contributed by atoms with van der Waals surface area (Å²) in [5.74, 6) is 2.97. The highest BCUT2D eigenvalue weighted by molar-refractivity contribution is 8.13. The largest absolute Gasteiger partial charge is 0.362 e. The Morgan fingerprint density at radius 1 is 1.28 bits per heavy atom. The molecule has 2 fully saturated rings. The molecule has 3 rings (SSSR count). The summed E-state index contributed by atoms with van der Waals surface area (Å²) in [6.45, 7) is 1.03. The minimum absolute atomic E-state index is 0.506. The fourth-order valence-electron chi connectivity index (χ4n) is 3.18. The van der Waals surface area contributed by atoms with Crippen LogP contribution in [0.3, 0.4) is 0 Å². The maximum absolute atomic E-state index is 11.3. The topological polar surface area (TPSA) is 41.5 Å². The number of amidine groups is 1. The van der Waals surface area contributed by atoms with Crippen molar-refractivity contribution in [2.24, 2.45) is 10.4 Å². The van der Waals surface area contributed by atoms with Crippen LogP contribution in [0.2, 0.25) is 0 Å². The first-order valence-electron chi connectivity index (χ1n) is 7.05. The zero-order valence-electron chi connectivity index (χ0n) is 10.8. The Balaban J connectivity index is 1.52. The molecular weight excluding hydrogens is 264 g/mol. The van der Waals surface area contributed by atoms with Crippen LogP contribution in [0.1, 0.15) is 38.5 Å². The van der Waals surface area contributed by atoms with E-state index in [9.17, 15) is 4.21 Å². The third kappa shape index (κ3) is 2.93. The lowest BCUT2D eigenvalue weighted by Gasteiger charge is -2.33. The summed E-state index contributed by atoms with van der Waals surface area (Å²) in [5, 5.41) is 4.71. The van der Waals surface area contributed by atoms with E-state index < -0.39 is 10.8 Å². The van der Waals surface area contributed by atoms with Crippen molar-refractivity contribution >= 4 is 27.7 Å². The molecule has 1 N–H and O–H groups in total. The Morgan fingerprint density at radius 3 is 2.61 bits per heavy atom. The first-order valence-corrected chi connectivity index (χ1v) is 9.52. The van der Waals surface area contributed by atoms with Crippen LogP contribution in [0, 0.1) is 5.41 Å². The molecule has 1 spiro atoms. The predicted molar refractivity (Wildman–Crippen MR) is 79.7 cm³/mol. The molecule has 1 saturated carbocycles. The molecule has 0 aromatic rings. The fourth-order valence-corrected chi connectivity index (χ4v) is 5.71. The normalized spacial score (nSPS) is 35.4. The molecule has 0 bridgehead atoms. The molecule has 3 aliphatic rings. The molecule has 0 atom stereocenters. The average Bonchev–Trinajstić information content (AvgIpc) is 2.84. The van der Waals surface area contributed by atoms with E-state index in [4.69, 9.17) is 4.99 Å². The van der Waals surface area contributed by atoms with Gasteiger partial charge in [0.1, 0.15) is 0 Å². The third-order valence-electron chi connectivity index (χ3n) is 4.45. The summed E-state index contributed by atoms with van der Waals surface area (Å²) in [4.78, 5) is 4.77. The molecule has 18 heavy (non-hydrogen) atoms. The standard InChI is InChI=1S/C13H22N2OS2/c16-18-7-3-11(4-8-18)15-12-14-9-13(10-17-12)5-1-2-6-13/h11H,1-10H2,(H,14,15). The van der Waals surface area contributed by atoms with Crippen LogP contribution in [0.15, 0.2) is 4.99 Å². The van der Waals surface area contributed by atoms with E-state index in [0.29, 0.717) is 11.5 Å². The zero-order valence-corrected chi connectivity index (χ0v) is 12.5. The molecule has 2 aliphatic heterocycles. The lowest BCUT2D eigenvalue weighted by molar-refractivity contribution is 0.357. The maximum Gasteiger partial charge on any atom is 0.156 e. The summed E-state index contributed by atoms with van der Waals surface area (Å²) >= 11 is 1.92. The molecule has 0 radical (unpaired) electrons. The quantitative estimate of drug-likeness (QED) is 0.803. The zero-order chi connectivity index (χ0) is 12.4. The number of nitrogens with zero attached hydrogens (tertiary/aromatic N) is 1. The SMILES string of the molecule is O=S1CCC(NC2=NCC3(CCCC3)CS2)CC1. The number of hydrogen-bond acceptors (Lipinski definition) is 4. The lowest BCUT2D eigenvalue weighted by atomic mass is 9.89. The smallest absolute Gasteiger partial charge is 0.156 e. The van der Waals surface area contributed by atoms with Crippen LogP contribution < -0.4 is 5.32 Å². The van der Waals surface area contributed by atoms with Crippen LogP contribution >= 0.6 is 11.8 Å². The Kier molecular flexibility index (Phi) is 3.99. The van der Waals surface area contributed by atoms with Crippen LogP contribution in [-0.4, -0.2) is 39.2 Å². The van der Waals surface area contributed by atoms with Crippen molar-refractivity contribution in [1.29, 1.82) is 0 Å². The molecule has 3 nitrogen and oxygen atoms in total.